The zero-order valence-electron chi connectivity index (χ0n) is 16.4. The summed E-state index contributed by atoms with van der Waals surface area (Å²) in [7, 11) is 2.82. The standard InChI is InChI=1S/C18H23ClN4O5S/c1-4-6-13-16(15(17(20)24)22-21-13)23(3)18(25)12-10-11(29(19,26)27)7-8-14(12)28-9-5-2/h7-8,10H,4-6,9H2,1-3H3,(H2,20,24)(H,21,22). The second-order valence-corrected chi connectivity index (χ2v) is 8.89. The van der Waals surface area contributed by atoms with E-state index in [4.69, 9.17) is 21.2 Å². The van der Waals surface area contributed by atoms with E-state index in [2.05, 4.69) is 10.2 Å². The number of H-pyrrole nitrogens is 1. The second kappa shape index (κ2) is 9.27. The molecule has 1 aromatic carbocycles. The third kappa shape index (κ3) is 5.07. The summed E-state index contributed by atoms with van der Waals surface area (Å²) in [4.78, 5) is 26.0. The molecular formula is C18H23ClN4O5S. The molecule has 158 valence electrons. The number of aromatic amines is 1. The van der Waals surface area contributed by atoms with Crippen LogP contribution in [0.3, 0.4) is 0 Å². The molecule has 0 spiro atoms. The zero-order chi connectivity index (χ0) is 21.8. The minimum atomic E-state index is -4.06. The van der Waals surface area contributed by atoms with Crippen LogP contribution in [0.2, 0.25) is 0 Å². The maximum Gasteiger partial charge on any atom is 0.271 e. The summed E-state index contributed by atoms with van der Waals surface area (Å²) in [6, 6.07) is 3.79. The number of amides is 2. The number of nitrogens with two attached hydrogens (primary N) is 1. The predicted octanol–water partition coefficient (Wildman–Crippen LogP) is 2.45. The maximum atomic E-state index is 13.3. The lowest BCUT2D eigenvalue weighted by Crippen LogP contribution is -2.30. The molecule has 0 aliphatic rings. The van der Waals surface area contributed by atoms with Crippen molar-refractivity contribution in [2.45, 2.75) is 38.0 Å². The molecule has 11 heteroatoms. The van der Waals surface area contributed by atoms with Crippen molar-refractivity contribution in [3.05, 3.63) is 35.2 Å². The van der Waals surface area contributed by atoms with E-state index < -0.39 is 20.9 Å². The van der Waals surface area contributed by atoms with Crippen molar-refractivity contribution in [2.75, 3.05) is 18.6 Å². The molecule has 0 fully saturated rings. The lowest BCUT2D eigenvalue weighted by molar-refractivity contribution is 0.0988. The molecule has 1 aromatic heterocycles. The first-order chi connectivity index (χ1) is 13.6. The maximum absolute atomic E-state index is 13.3. The summed E-state index contributed by atoms with van der Waals surface area (Å²) < 4.78 is 29.1. The molecule has 0 unspecified atom stereocenters. The number of halogens is 1. The average Bonchev–Trinajstić information content (AvgIpc) is 3.08. The Hall–Kier alpha value is -2.59. The molecule has 0 atom stereocenters. The van der Waals surface area contributed by atoms with Gasteiger partial charge in [0, 0.05) is 17.7 Å². The number of carbonyl (C=O) groups excluding carboxylic acids is 2. The first-order valence-electron chi connectivity index (χ1n) is 8.98. The Balaban J connectivity index is 2.58. The molecule has 3 N–H and O–H groups in total. The molecule has 2 rings (SSSR count). The van der Waals surface area contributed by atoms with Gasteiger partial charge >= 0.3 is 0 Å². The van der Waals surface area contributed by atoms with Crippen LogP contribution >= 0.6 is 10.7 Å². The number of hydrogen-bond acceptors (Lipinski definition) is 6. The fourth-order valence-electron chi connectivity index (χ4n) is 2.78. The Morgan fingerprint density at radius 1 is 1.28 bits per heavy atom. The van der Waals surface area contributed by atoms with E-state index >= 15 is 0 Å². The monoisotopic (exact) mass is 442 g/mol. The molecule has 0 saturated carbocycles. The highest BCUT2D eigenvalue weighted by atomic mass is 35.7. The van der Waals surface area contributed by atoms with E-state index in [1.165, 1.54) is 24.1 Å². The number of carbonyl (C=O) groups is 2. The molecule has 0 saturated heterocycles. The average molecular weight is 443 g/mol. The highest BCUT2D eigenvalue weighted by Gasteiger charge is 2.28. The van der Waals surface area contributed by atoms with Gasteiger partial charge in [0.1, 0.15) is 5.75 Å². The molecule has 2 aromatic rings. The van der Waals surface area contributed by atoms with E-state index in [1.54, 1.807) is 0 Å². The summed E-state index contributed by atoms with van der Waals surface area (Å²) in [5.41, 5.74) is 6.11. The van der Waals surface area contributed by atoms with E-state index in [9.17, 15) is 18.0 Å². The van der Waals surface area contributed by atoms with Gasteiger partial charge in [-0.25, -0.2) is 8.42 Å². The topological polar surface area (TPSA) is 135 Å². The van der Waals surface area contributed by atoms with E-state index in [-0.39, 0.29) is 27.6 Å². The smallest absolute Gasteiger partial charge is 0.271 e. The van der Waals surface area contributed by atoms with Gasteiger partial charge in [-0.1, -0.05) is 20.3 Å². The van der Waals surface area contributed by atoms with Crippen LogP contribution in [-0.4, -0.2) is 44.1 Å². The Bertz CT molecular complexity index is 1020. The van der Waals surface area contributed by atoms with Crippen molar-refractivity contribution in [3.8, 4) is 5.75 Å². The molecule has 29 heavy (non-hydrogen) atoms. The van der Waals surface area contributed by atoms with Crippen LogP contribution in [0.5, 0.6) is 5.75 Å². The number of rotatable bonds is 9. The number of benzene rings is 1. The van der Waals surface area contributed by atoms with Crippen LogP contribution in [-0.2, 0) is 15.5 Å². The van der Waals surface area contributed by atoms with Crippen molar-refractivity contribution in [1.29, 1.82) is 0 Å². The molecule has 0 aliphatic carbocycles. The predicted molar refractivity (Wildman–Crippen MR) is 109 cm³/mol. The molecular weight excluding hydrogens is 420 g/mol. The lowest BCUT2D eigenvalue weighted by Gasteiger charge is -2.20. The van der Waals surface area contributed by atoms with Gasteiger partial charge in [-0.3, -0.25) is 14.7 Å². The minimum absolute atomic E-state index is 0.0123. The molecule has 9 nitrogen and oxygen atoms in total. The van der Waals surface area contributed by atoms with Crippen molar-refractivity contribution in [1.82, 2.24) is 10.2 Å². The Labute approximate surface area is 173 Å². The quantitative estimate of drug-likeness (QED) is 0.572. The van der Waals surface area contributed by atoms with Crippen LogP contribution in [0.25, 0.3) is 0 Å². The highest BCUT2D eigenvalue weighted by molar-refractivity contribution is 8.13. The Morgan fingerprint density at radius 3 is 2.52 bits per heavy atom. The van der Waals surface area contributed by atoms with Crippen LogP contribution in [0.15, 0.2) is 23.1 Å². The number of ether oxygens (including phenoxy) is 1. The van der Waals surface area contributed by atoms with Gasteiger partial charge in [-0.15, -0.1) is 0 Å². The van der Waals surface area contributed by atoms with Crippen molar-refractivity contribution < 1.29 is 22.7 Å². The first-order valence-corrected chi connectivity index (χ1v) is 11.3. The van der Waals surface area contributed by atoms with Crippen molar-refractivity contribution >= 4 is 37.2 Å². The largest absolute Gasteiger partial charge is 0.493 e. The number of nitrogens with one attached hydrogen (secondary N) is 1. The van der Waals surface area contributed by atoms with Gasteiger partial charge in [0.15, 0.2) is 5.69 Å². The molecule has 0 radical (unpaired) electrons. The third-order valence-corrected chi connectivity index (χ3v) is 5.46. The SMILES string of the molecule is CCCOc1ccc(S(=O)(=O)Cl)cc1C(=O)N(C)c1c(C(N)=O)n[nH]c1CCC. The van der Waals surface area contributed by atoms with Gasteiger partial charge in [-0.05, 0) is 31.0 Å². The van der Waals surface area contributed by atoms with E-state index in [0.717, 1.165) is 12.5 Å². The Morgan fingerprint density at radius 2 is 1.97 bits per heavy atom. The first kappa shape index (κ1) is 22.7. The normalized spacial score (nSPS) is 11.3. The van der Waals surface area contributed by atoms with Gasteiger partial charge < -0.3 is 15.4 Å². The van der Waals surface area contributed by atoms with Crippen molar-refractivity contribution in [3.63, 3.8) is 0 Å². The van der Waals surface area contributed by atoms with E-state index in [1.807, 2.05) is 13.8 Å². The summed E-state index contributed by atoms with van der Waals surface area (Å²) in [5, 5.41) is 6.65. The van der Waals surface area contributed by atoms with Crippen LogP contribution in [0.1, 0.15) is 53.2 Å². The number of anilines is 1. The van der Waals surface area contributed by atoms with Gasteiger partial charge in [0.25, 0.3) is 20.9 Å². The molecule has 1 heterocycles. The van der Waals surface area contributed by atoms with Crippen LogP contribution in [0, 0.1) is 0 Å². The number of hydrogen-bond donors (Lipinski definition) is 2. The Kier molecular flexibility index (Phi) is 7.26. The zero-order valence-corrected chi connectivity index (χ0v) is 17.9. The summed E-state index contributed by atoms with van der Waals surface area (Å²) in [6.07, 6.45) is 1.95. The highest BCUT2D eigenvalue weighted by Crippen LogP contribution is 2.30. The third-order valence-electron chi connectivity index (χ3n) is 4.11. The van der Waals surface area contributed by atoms with Crippen LogP contribution in [0.4, 0.5) is 5.69 Å². The fourth-order valence-corrected chi connectivity index (χ4v) is 3.55. The molecule has 0 bridgehead atoms. The van der Waals surface area contributed by atoms with E-state index in [0.29, 0.717) is 25.1 Å². The van der Waals surface area contributed by atoms with Crippen molar-refractivity contribution in [2.24, 2.45) is 5.73 Å². The fraction of sp³-hybridized carbons (Fsp3) is 0.389. The summed E-state index contributed by atoms with van der Waals surface area (Å²) in [6.45, 7) is 4.16. The summed E-state index contributed by atoms with van der Waals surface area (Å²) in [5.74, 6) is -1.19. The molecule has 2 amide bonds. The van der Waals surface area contributed by atoms with Gasteiger partial charge in [0.05, 0.1) is 28.4 Å². The number of nitrogens with zero attached hydrogens (tertiary/aromatic N) is 2. The lowest BCUT2D eigenvalue weighted by atomic mass is 10.1. The minimum Gasteiger partial charge on any atom is -0.493 e. The second-order valence-electron chi connectivity index (χ2n) is 6.32. The van der Waals surface area contributed by atoms with Gasteiger partial charge in [-0.2, -0.15) is 5.10 Å². The number of primary amides is 1. The number of aromatic nitrogens is 2. The van der Waals surface area contributed by atoms with Crippen LogP contribution < -0.4 is 15.4 Å². The van der Waals surface area contributed by atoms with Gasteiger partial charge in [0.2, 0.25) is 0 Å². The summed E-state index contributed by atoms with van der Waals surface area (Å²) >= 11 is 0. The number of aryl methyl sites for hydroxylation is 1. The molecule has 0 aliphatic heterocycles.